The Balaban J connectivity index is 2.43. The number of nitrogens with two attached hydrogens (primary N) is 1. The van der Waals surface area contributed by atoms with Gasteiger partial charge in [-0.2, -0.15) is 0 Å². The van der Waals surface area contributed by atoms with Crippen molar-refractivity contribution in [2.24, 2.45) is 23.5 Å². The van der Waals surface area contributed by atoms with Crippen LogP contribution in [0, 0.1) is 17.8 Å². The minimum Gasteiger partial charge on any atom is -0.353 e. The van der Waals surface area contributed by atoms with Gasteiger partial charge in [0.2, 0.25) is 5.91 Å². The van der Waals surface area contributed by atoms with Gasteiger partial charge in [-0.3, -0.25) is 4.79 Å². The fourth-order valence-corrected chi connectivity index (χ4v) is 2.77. The topological polar surface area (TPSA) is 55.1 Å². The van der Waals surface area contributed by atoms with Gasteiger partial charge in [-0.1, -0.05) is 33.1 Å². The van der Waals surface area contributed by atoms with Crippen LogP contribution < -0.4 is 11.1 Å². The molecule has 3 nitrogen and oxygen atoms in total. The number of carbonyl (C=O) groups is 1. The highest BCUT2D eigenvalue weighted by Crippen LogP contribution is 2.26. The van der Waals surface area contributed by atoms with Gasteiger partial charge in [0.25, 0.3) is 0 Å². The molecule has 1 amide bonds. The van der Waals surface area contributed by atoms with Crippen molar-refractivity contribution in [1.82, 2.24) is 5.32 Å². The first-order chi connectivity index (χ1) is 8.06. The summed E-state index contributed by atoms with van der Waals surface area (Å²) in [5.74, 6) is 1.08. The van der Waals surface area contributed by atoms with Crippen molar-refractivity contribution in [3.8, 4) is 0 Å². The maximum absolute atomic E-state index is 12.1. The molecule has 0 aromatic rings. The first-order valence-electron chi connectivity index (χ1n) is 7.06. The van der Waals surface area contributed by atoms with Gasteiger partial charge in [0, 0.05) is 12.6 Å². The van der Waals surface area contributed by atoms with E-state index in [9.17, 15) is 4.79 Å². The van der Waals surface area contributed by atoms with Crippen molar-refractivity contribution in [2.45, 2.75) is 58.9 Å². The standard InChI is InChI=1S/C14H28N2O/c1-10(2)13(9-15)14(17)16-11(3)12-7-5-4-6-8-12/h10-13H,4-9,15H2,1-3H3,(H,16,17)/t11-,13?/m1/s1. The summed E-state index contributed by atoms with van der Waals surface area (Å²) in [6, 6.07) is 0.301. The zero-order valence-corrected chi connectivity index (χ0v) is 11.5. The highest BCUT2D eigenvalue weighted by atomic mass is 16.2. The molecule has 0 spiro atoms. The Kier molecular flexibility index (Phi) is 5.96. The molecule has 0 radical (unpaired) electrons. The number of rotatable bonds is 5. The van der Waals surface area contributed by atoms with E-state index in [1.807, 2.05) is 0 Å². The van der Waals surface area contributed by atoms with Crippen molar-refractivity contribution >= 4 is 5.91 Å². The molecule has 1 saturated carbocycles. The number of amides is 1. The Morgan fingerprint density at radius 3 is 2.29 bits per heavy atom. The molecule has 1 fully saturated rings. The van der Waals surface area contributed by atoms with E-state index >= 15 is 0 Å². The summed E-state index contributed by atoms with van der Waals surface area (Å²) >= 11 is 0. The summed E-state index contributed by atoms with van der Waals surface area (Å²) < 4.78 is 0. The van der Waals surface area contributed by atoms with Crippen LogP contribution in [0.1, 0.15) is 52.9 Å². The van der Waals surface area contributed by atoms with E-state index in [1.54, 1.807) is 0 Å². The second-order valence-corrected chi connectivity index (χ2v) is 5.78. The molecule has 0 heterocycles. The van der Waals surface area contributed by atoms with Crippen molar-refractivity contribution < 1.29 is 4.79 Å². The maximum atomic E-state index is 12.1. The first kappa shape index (κ1) is 14.5. The van der Waals surface area contributed by atoms with Crippen molar-refractivity contribution in [2.75, 3.05) is 6.54 Å². The average Bonchev–Trinajstić information content (AvgIpc) is 2.30. The first-order valence-corrected chi connectivity index (χ1v) is 7.06. The van der Waals surface area contributed by atoms with Crippen LogP contribution in [0.25, 0.3) is 0 Å². The van der Waals surface area contributed by atoms with Crippen LogP contribution >= 0.6 is 0 Å². The lowest BCUT2D eigenvalue weighted by Crippen LogP contribution is -2.45. The second kappa shape index (κ2) is 7.00. The van der Waals surface area contributed by atoms with Crippen molar-refractivity contribution in [3.63, 3.8) is 0 Å². The van der Waals surface area contributed by atoms with E-state index < -0.39 is 0 Å². The summed E-state index contributed by atoms with van der Waals surface area (Å²) in [5, 5.41) is 3.16. The van der Waals surface area contributed by atoms with Crippen LogP contribution in [-0.2, 0) is 4.79 Å². The van der Waals surface area contributed by atoms with Crippen LogP contribution in [0.4, 0.5) is 0 Å². The molecule has 0 saturated heterocycles. The largest absolute Gasteiger partial charge is 0.353 e. The molecule has 17 heavy (non-hydrogen) atoms. The van der Waals surface area contributed by atoms with Gasteiger partial charge in [0.1, 0.15) is 0 Å². The fourth-order valence-electron chi connectivity index (χ4n) is 2.77. The Labute approximate surface area is 106 Å². The molecule has 1 rings (SSSR count). The molecule has 1 unspecified atom stereocenters. The Bertz CT molecular complexity index is 234. The molecule has 0 aromatic carbocycles. The molecular formula is C14H28N2O. The van der Waals surface area contributed by atoms with Gasteiger partial charge in [0.05, 0.1) is 5.92 Å². The zero-order valence-electron chi connectivity index (χ0n) is 11.5. The van der Waals surface area contributed by atoms with E-state index in [4.69, 9.17) is 5.73 Å². The smallest absolute Gasteiger partial charge is 0.224 e. The number of nitrogens with one attached hydrogen (secondary N) is 1. The SMILES string of the molecule is CC(C)C(CN)C(=O)N[C@H](C)C1CCCCC1. The quantitative estimate of drug-likeness (QED) is 0.774. The third-order valence-electron chi connectivity index (χ3n) is 4.12. The van der Waals surface area contributed by atoms with Crippen molar-refractivity contribution in [1.29, 1.82) is 0 Å². The van der Waals surface area contributed by atoms with Crippen LogP contribution in [0.3, 0.4) is 0 Å². The monoisotopic (exact) mass is 240 g/mol. The summed E-state index contributed by atoms with van der Waals surface area (Å²) in [6.07, 6.45) is 6.51. The zero-order chi connectivity index (χ0) is 12.8. The lowest BCUT2D eigenvalue weighted by molar-refractivity contribution is -0.127. The number of carbonyl (C=O) groups excluding carboxylic acids is 1. The summed E-state index contributed by atoms with van der Waals surface area (Å²) in [4.78, 5) is 12.1. The maximum Gasteiger partial charge on any atom is 0.224 e. The van der Waals surface area contributed by atoms with Crippen LogP contribution in [0.15, 0.2) is 0 Å². The molecule has 0 aliphatic heterocycles. The van der Waals surface area contributed by atoms with Gasteiger partial charge in [0.15, 0.2) is 0 Å². The minimum atomic E-state index is -0.0407. The van der Waals surface area contributed by atoms with E-state index in [1.165, 1.54) is 32.1 Å². The van der Waals surface area contributed by atoms with Gasteiger partial charge in [-0.25, -0.2) is 0 Å². The van der Waals surface area contributed by atoms with E-state index in [0.29, 0.717) is 24.4 Å². The molecule has 1 aliphatic carbocycles. The Morgan fingerprint density at radius 2 is 1.82 bits per heavy atom. The van der Waals surface area contributed by atoms with E-state index in [2.05, 4.69) is 26.1 Å². The Morgan fingerprint density at radius 1 is 1.24 bits per heavy atom. The summed E-state index contributed by atoms with van der Waals surface area (Å²) in [6.45, 7) is 6.70. The molecule has 3 heteroatoms. The number of hydrogen-bond acceptors (Lipinski definition) is 2. The second-order valence-electron chi connectivity index (χ2n) is 5.78. The number of hydrogen-bond donors (Lipinski definition) is 2. The minimum absolute atomic E-state index is 0.0407. The van der Waals surface area contributed by atoms with Gasteiger partial charge < -0.3 is 11.1 Å². The average molecular weight is 240 g/mol. The van der Waals surface area contributed by atoms with Gasteiger partial charge in [-0.05, 0) is 31.6 Å². The third-order valence-corrected chi connectivity index (χ3v) is 4.12. The predicted molar refractivity (Wildman–Crippen MR) is 71.6 cm³/mol. The lowest BCUT2D eigenvalue weighted by atomic mass is 9.84. The van der Waals surface area contributed by atoms with E-state index in [-0.39, 0.29) is 11.8 Å². The van der Waals surface area contributed by atoms with Crippen molar-refractivity contribution in [3.05, 3.63) is 0 Å². The highest BCUT2D eigenvalue weighted by molar-refractivity contribution is 5.79. The molecule has 1 aliphatic rings. The van der Waals surface area contributed by atoms with Gasteiger partial charge in [-0.15, -0.1) is 0 Å². The van der Waals surface area contributed by atoms with Gasteiger partial charge >= 0.3 is 0 Å². The normalized spacial score (nSPS) is 21.2. The molecule has 3 N–H and O–H groups in total. The lowest BCUT2D eigenvalue weighted by Gasteiger charge is -2.30. The Hall–Kier alpha value is -0.570. The van der Waals surface area contributed by atoms with Crippen LogP contribution in [0.5, 0.6) is 0 Å². The highest BCUT2D eigenvalue weighted by Gasteiger charge is 2.25. The predicted octanol–water partition coefficient (Wildman–Crippen LogP) is 2.30. The molecular weight excluding hydrogens is 212 g/mol. The molecule has 0 aromatic heterocycles. The fraction of sp³-hybridized carbons (Fsp3) is 0.929. The molecule has 2 atom stereocenters. The van der Waals surface area contributed by atoms with E-state index in [0.717, 1.165) is 0 Å². The van der Waals surface area contributed by atoms with Crippen LogP contribution in [-0.4, -0.2) is 18.5 Å². The molecule has 0 bridgehead atoms. The van der Waals surface area contributed by atoms with Crippen LogP contribution in [0.2, 0.25) is 0 Å². The molecule has 100 valence electrons. The third kappa shape index (κ3) is 4.30. The summed E-state index contributed by atoms with van der Waals surface area (Å²) in [7, 11) is 0. The summed E-state index contributed by atoms with van der Waals surface area (Å²) in [5.41, 5.74) is 5.67.